The predicted octanol–water partition coefficient (Wildman–Crippen LogP) is 2.61. The van der Waals surface area contributed by atoms with E-state index in [4.69, 9.17) is 37.4 Å². The molecule has 31 heavy (non-hydrogen) atoms. The SMILES string of the molecule is C[C@@H](OC(=O)CNS(=O)(=O)c1ccc(Cl)c(Cl)c1)C(=O)Nc1ccc2c(c1)OCCO2. The lowest BCUT2D eigenvalue weighted by Crippen LogP contribution is -2.35. The Balaban J connectivity index is 1.52. The number of carbonyl (C=O) groups is 2. The summed E-state index contributed by atoms with van der Waals surface area (Å²) in [4.78, 5) is 24.1. The van der Waals surface area contributed by atoms with Crippen LogP contribution in [-0.4, -0.2) is 46.2 Å². The van der Waals surface area contributed by atoms with Gasteiger partial charge in [-0.3, -0.25) is 9.59 Å². The smallest absolute Gasteiger partial charge is 0.321 e. The van der Waals surface area contributed by atoms with Gasteiger partial charge in [-0.2, -0.15) is 4.72 Å². The van der Waals surface area contributed by atoms with Gasteiger partial charge >= 0.3 is 5.97 Å². The molecule has 1 heterocycles. The van der Waals surface area contributed by atoms with Gasteiger partial charge in [0, 0.05) is 11.8 Å². The van der Waals surface area contributed by atoms with Gasteiger partial charge < -0.3 is 19.5 Å². The molecule has 2 aromatic rings. The van der Waals surface area contributed by atoms with Gasteiger partial charge in [0.1, 0.15) is 19.8 Å². The quantitative estimate of drug-likeness (QED) is 0.574. The fourth-order valence-electron chi connectivity index (χ4n) is 2.54. The number of benzene rings is 2. The van der Waals surface area contributed by atoms with E-state index in [1.54, 1.807) is 18.2 Å². The number of sulfonamides is 1. The Morgan fingerprint density at radius 1 is 1.06 bits per heavy atom. The lowest BCUT2D eigenvalue weighted by atomic mass is 10.2. The van der Waals surface area contributed by atoms with Gasteiger partial charge in [-0.1, -0.05) is 23.2 Å². The van der Waals surface area contributed by atoms with Gasteiger partial charge in [0.2, 0.25) is 10.0 Å². The van der Waals surface area contributed by atoms with Gasteiger partial charge in [-0.05, 0) is 37.3 Å². The van der Waals surface area contributed by atoms with Gasteiger partial charge in [-0.25, -0.2) is 8.42 Å². The minimum atomic E-state index is -4.03. The molecule has 0 unspecified atom stereocenters. The van der Waals surface area contributed by atoms with E-state index in [0.717, 1.165) is 6.07 Å². The number of hydrogen-bond acceptors (Lipinski definition) is 7. The molecule has 0 spiro atoms. The molecule has 0 bridgehead atoms. The average molecular weight is 489 g/mol. The fourth-order valence-corrected chi connectivity index (χ4v) is 3.90. The van der Waals surface area contributed by atoms with Crippen LogP contribution < -0.4 is 19.5 Å². The first kappa shape index (κ1) is 23.1. The fraction of sp³-hybridized carbons (Fsp3) is 0.263. The molecule has 1 atom stereocenters. The van der Waals surface area contributed by atoms with Crippen molar-refractivity contribution in [2.75, 3.05) is 25.1 Å². The first-order valence-electron chi connectivity index (χ1n) is 9.00. The Labute approximate surface area is 188 Å². The topological polar surface area (TPSA) is 120 Å². The molecule has 3 rings (SSSR count). The molecule has 2 N–H and O–H groups in total. The first-order chi connectivity index (χ1) is 14.7. The Kier molecular flexibility index (Phi) is 7.26. The highest BCUT2D eigenvalue weighted by Crippen LogP contribution is 2.32. The minimum Gasteiger partial charge on any atom is -0.486 e. The van der Waals surface area contributed by atoms with Crippen molar-refractivity contribution in [3.63, 3.8) is 0 Å². The Bertz CT molecular complexity index is 1110. The number of carbonyl (C=O) groups excluding carboxylic acids is 2. The lowest BCUT2D eigenvalue weighted by Gasteiger charge is -2.19. The number of fused-ring (bicyclic) bond motifs is 1. The number of amides is 1. The van der Waals surface area contributed by atoms with Crippen LogP contribution in [0.25, 0.3) is 0 Å². The molecule has 0 saturated carbocycles. The maximum Gasteiger partial charge on any atom is 0.321 e. The van der Waals surface area contributed by atoms with Crippen molar-refractivity contribution < 1.29 is 32.2 Å². The summed E-state index contributed by atoms with van der Waals surface area (Å²) in [5.74, 6) is -0.478. The summed E-state index contributed by atoms with van der Waals surface area (Å²) in [6.07, 6.45) is -1.17. The number of anilines is 1. The maximum absolute atomic E-state index is 12.3. The number of esters is 1. The third-order valence-electron chi connectivity index (χ3n) is 4.10. The van der Waals surface area contributed by atoms with Crippen LogP contribution in [0.15, 0.2) is 41.3 Å². The predicted molar refractivity (Wildman–Crippen MR) is 113 cm³/mol. The minimum absolute atomic E-state index is 0.0524. The van der Waals surface area contributed by atoms with Crippen molar-refractivity contribution in [3.8, 4) is 11.5 Å². The van der Waals surface area contributed by atoms with E-state index in [2.05, 4.69) is 10.0 Å². The largest absolute Gasteiger partial charge is 0.486 e. The highest BCUT2D eigenvalue weighted by molar-refractivity contribution is 7.89. The molecule has 0 aromatic heterocycles. The lowest BCUT2D eigenvalue weighted by molar-refractivity contribution is -0.151. The normalized spacial score (nSPS) is 13.9. The van der Waals surface area contributed by atoms with Crippen LogP contribution >= 0.6 is 23.2 Å². The number of ether oxygens (including phenoxy) is 3. The number of rotatable bonds is 7. The summed E-state index contributed by atoms with van der Waals surface area (Å²) in [6, 6.07) is 8.57. The molecule has 0 radical (unpaired) electrons. The molecule has 9 nitrogen and oxygen atoms in total. The van der Waals surface area contributed by atoms with Crippen molar-refractivity contribution in [1.82, 2.24) is 4.72 Å². The van der Waals surface area contributed by atoms with Crippen LogP contribution in [0.1, 0.15) is 6.92 Å². The summed E-state index contributed by atoms with van der Waals surface area (Å²) in [5.41, 5.74) is 0.428. The third-order valence-corrected chi connectivity index (χ3v) is 6.23. The van der Waals surface area contributed by atoms with E-state index >= 15 is 0 Å². The Morgan fingerprint density at radius 3 is 2.48 bits per heavy atom. The molecule has 0 fully saturated rings. The van der Waals surface area contributed by atoms with Crippen molar-refractivity contribution in [3.05, 3.63) is 46.4 Å². The molecule has 166 valence electrons. The zero-order chi connectivity index (χ0) is 22.6. The zero-order valence-electron chi connectivity index (χ0n) is 16.2. The first-order valence-corrected chi connectivity index (χ1v) is 11.2. The van der Waals surface area contributed by atoms with Crippen LogP contribution in [-0.2, 0) is 24.3 Å². The van der Waals surface area contributed by atoms with E-state index in [9.17, 15) is 18.0 Å². The van der Waals surface area contributed by atoms with Gasteiger partial charge in [0.25, 0.3) is 5.91 Å². The molecule has 1 amide bonds. The average Bonchev–Trinajstić information content (AvgIpc) is 2.74. The monoisotopic (exact) mass is 488 g/mol. The van der Waals surface area contributed by atoms with E-state index in [1.807, 2.05) is 0 Å². The van der Waals surface area contributed by atoms with Crippen molar-refractivity contribution >= 4 is 50.8 Å². The standard InChI is InChI=1S/C19H18Cl2N2O7S/c1-11(19(25)23-12-2-5-16-17(8-12)29-7-6-28-16)30-18(24)10-22-31(26,27)13-3-4-14(20)15(21)9-13/h2-5,8-9,11,22H,6-7,10H2,1H3,(H,23,25)/t11-/m1/s1. The highest BCUT2D eigenvalue weighted by Gasteiger charge is 2.22. The summed E-state index contributed by atoms with van der Waals surface area (Å²) < 4.78 is 42.4. The Hall–Kier alpha value is -2.53. The second-order valence-corrected chi connectivity index (χ2v) is 8.96. The number of nitrogens with one attached hydrogen (secondary N) is 2. The number of halogens is 2. The molecule has 0 saturated heterocycles. The maximum atomic E-state index is 12.3. The summed E-state index contributed by atoms with van der Waals surface area (Å²) in [5, 5.41) is 2.83. The van der Waals surface area contributed by atoms with E-state index in [0.29, 0.717) is 30.4 Å². The summed E-state index contributed by atoms with van der Waals surface area (Å²) in [6.45, 7) is 1.53. The van der Waals surface area contributed by atoms with E-state index in [1.165, 1.54) is 19.1 Å². The van der Waals surface area contributed by atoms with Crippen LogP contribution in [0.2, 0.25) is 10.0 Å². The highest BCUT2D eigenvalue weighted by atomic mass is 35.5. The van der Waals surface area contributed by atoms with E-state index < -0.39 is 34.5 Å². The molecule has 1 aliphatic heterocycles. The second kappa shape index (κ2) is 9.73. The molecule has 0 aliphatic carbocycles. The Morgan fingerprint density at radius 2 is 1.77 bits per heavy atom. The van der Waals surface area contributed by atoms with Gasteiger partial charge in [0.05, 0.1) is 14.9 Å². The number of hydrogen-bond donors (Lipinski definition) is 2. The van der Waals surface area contributed by atoms with Crippen LogP contribution in [0, 0.1) is 0 Å². The molecular weight excluding hydrogens is 471 g/mol. The van der Waals surface area contributed by atoms with Crippen molar-refractivity contribution in [2.45, 2.75) is 17.9 Å². The summed E-state index contributed by atoms with van der Waals surface area (Å²) >= 11 is 11.6. The second-order valence-electron chi connectivity index (χ2n) is 6.38. The van der Waals surface area contributed by atoms with Crippen LogP contribution in [0.4, 0.5) is 5.69 Å². The molecule has 12 heteroatoms. The molecular formula is C19H18Cl2N2O7S. The third kappa shape index (κ3) is 6.01. The van der Waals surface area contributed by atoms with Gasteiger partial charge in [0.15, 0.2) is 17.6 Å². The van der Waals surface area contributed by atoms with Gasteiger partial charge in [-0.15, -0.1) is 0 Å². The van der Waals surface area contributed by atoms with Crippen LogP contribution in [0.5, 0.6) is 11.5 Å². The summed E-state index contributed by atoms with van der Waals surface area (Å²) in [7, 11) is -4.03. The van der Waals surface area contributed by atoms with Crippen LogP contribution in [0.3, 0.4) is 0 Å². The van der Waals surface area contributed by atoms with Crippen molar-refractivity contribution in [2.24, 2.45) is 0 Å². The van der Waals surface area contributed by atoms with E-state index in [-0.39, 0.29) is 14.9 Å². The van der Waals surface area contributed by atoms with Crippen molar-refractivity contribution in [1.29, 1.82) is 0 Å². The molecule has 2 aromatic carbocycles. The molecule has 1 aliphatic rings. The zero-order valence-corrected chi connectivity index (χ0v) is 18.5.